The molecule has 1 fully saturated rings. The molecule has 0 unspecified atom stereocenters. The molecule has 242 valence electrons. The van der Waals surface area contributed by atoms with Gasteiger partial charge in [0.2, 0.25) is 0 Å². The lowest BCUT2D eigenvalue weighted by Crippen LogP contribution is -2.38. The number of nitro benzene ring substituents is 1. The third-order valence-corrected chi connectivity index (χ3v) is 8.14. The molecule has 0 radical (unpaired) electrons. The van der Waals surface area contributed by atoms with E-state index < -0.39 is 43.1 Å². The number of anilines is 2. The maximum absolute atomic E-state index is 13.3. The maximum Gasteiger partial charge on any atom is 0.470 e. The lowest BCUT2D eigenvalue weighted by molar-refractivity contribution is -0.384. The Balaban J connectivity index is 1.22. The number of nitrogens with two attached hydrogens (primary N) is 1. The topological polar surface area (TPSA) is 216 Å². The number of nitrogen functional groups attached to an aromatic ring is 1. The van der Waals surface area contributed by atoms with E-state index in [-0.39, 0.29) is 17.8 Å². The van der Waals surface area contributed by atoms with Crippen LogP contribution in [0.15, 0.2) is 67.1 Å². The number of fused-ring (bicyclic) bond motifs is 1. The smallest absolute Gasteiger partial charge is 0.397 e. The molecule has 2 aromatic heterocycles. The number of benzene rings is 2. The van der Waals surface area contributed by atoms with Crippen molar-refractivity contribution in [3.63, 3.8) is 0 Å². The molecule has 46 heavy (non-hydrogen) atoms. The van der Waals surface area contributed by atoms with Crippen molar-refractivity contribution in [3.8, 4) is 0 Å². The number of non-ortho nitro benzene ring substituents is 1. The fourth-order valence-corrected chi connectivity index (χ4v) is 5.86. The van der Waals surface area contributed by atoms with Gasteiger partial charge in [-0.2, -0.15) is 0 Å². The summed E-state index contributed by atoms with van der Waals surface area (Å²) >= 11 is 0. The molecule has 0 spiro atoms. The lowest BCUT2D eigenvalue weighted by Gasteiger charge is -2.24. The zero-order valence-corrected chi connectivity index (χ0v) is 25.6. The Bertz CT molecular complexity index is 1770. The number of nitro groups is 1. The van der Waals surface area contributed by atoms with Crippen molar-refractivity contribution in [2.24, 2.45) is 0 Å². The van der Waals surface area contributed by atoms with Crippen molar-refractivity contribution in [2.75, 3.05) is 23.7 Å². The largest absolute Gasteiger partial charge is 0.470 e. The summed E-state index contributed by atoms with van der Waals surface area (Å²) in [4.78, 5) is 53.2. The van der Waals surface area contributed by atoms with Crippen LogP contribution in [0.5, 0.6) is 0 Å². The molecular formula is C30H33N6O9P. The van der Waals surface area contributed by atoms with Crippen LogP contribution in [0.2, 0.25) is 0 Å². The number of rotatable bonds is 13. The number of pyridine rings is 1. The van der Waals surface area contributed by atoms with Crippen LogP contribution in [0.3, 0.4) is 0 Å². The standard InChI is InChI=1S/C30H33N6O9P/c1-2-34(21-11-7-19(8-12-21)5-6-20-9-13-22(14-10-20)36(39)40)17-3-4-24(37)27-28(45-46(41,42)43)26(38)30(44-27)35-18-33-25-23(31)15-16-32-29(25)35/h5-16,18,26-28,30,38H,2-4,17H2,1H3,(H2,31,32)(H2,41,42,43)/b6-5+/t26-,27-,28+,30-/m1/s1. The van der Waals surface area contributed by atoms with Crippen LogP contribution in [0, 0.1) is 10.1 Å². The van der Waals surface area contributed by atoms with Crippen LogP contribution < -0.4 is 10.6 Å². The minimum atomic E-state index is -5.10. The number of ether oxygens (including phenoxy) is 1. The number of phosphoric acid groups is 1. The van der Waals surface area contributed by atoms with Crippen molar-refractivity contribution in [3.05, 3.63) is 88.4 Å². The summed E-state index contributed by atoms with van der Waals surface area (Å²) in [6, 6.07) is 15.6. The number of hydrogen-bond acceptors (Lipinski definition) is 11. The van der Waals surface area contributed by atoms with Gasteiger partial charge < -0.3 is 30.3 Å². The molecule has 1 aliphatic rings. The Kier molecular flexibility index (Phi) is 9.91. The van der Waals surface area contributed by atoms with Crippen molar-refractivity contribution in [1.82, 2.24) is 14.5 Å². The second-order valence-electron chi connectivity index (χ2n) is 10.6. The average Bonchev–Trinajstić information content (AvgIpc) is 3.59. The van der Waals surface area contributed by atoms with Gasteiger partial charge in [-0.25, -0.2) is 14.5 Å². The van der Waals surface area contributed by atoms with Gasteiger partial charge in [0.1, 0.15) is 23.8 Å². The quantitative estimate of drug-likeness (QED) is 0.0702. The third kappa shape index (κ3) is 7.48. The second-order valence-corrected chi connectivity index (χ2v) is 11.8. The predicted octanol–water partition coefficient (Wildman–Crippen LogP) is 3.70. The van der Waals surface area contributed by atoms with Crippen LogP contribution in [0.1, 0.15) is 37.1 Å². The van der Waals surface area contributed by atoms with Gasteiger partial charge in [0.15, 0.2) is 17.7 Å². The molecule has 5 N–H and O–H groups in total. The number of carbonyl (C=O) groups excluding carboxylic acids is 1. The highest BCUT2D eigenvalue weighted by Crippen LogP contribution is 2.44. The number of hydrogen-bond donors (Lipinski definition) is 4. The number of nitrogens with zero attached hydrogens (tertiary/aromatic N) is 5. The first-order valence-electron chi connectivity index (χ1n) is 14.4. The van der Waals surface area contributed by atoms with Gasteiger partial charge >= 0.3 is 7.82 Å². The Morgan fingerprint density at radius 2 is 1.78 bits per heavy atom. The van der Waals surface area contributed by atoms with E-state index in [0.29, 0.717) is 30.7 Å². The third-order valence-electron chi connectivity index (χ3n) is 7.62. The molecule has 4 atom stereocenters. The van der Waals surface area contributed by atoms with E-state index in [4.69, 9.17) is 15.0 Å². The first-order chi connectivity index (χ1) is 21.9. The van der Waals surface area contributed by atoms with Crippen molar-refractivity contribution in [2.45, 2.75) is 44.3 Å². The molecule has 0 aliphatic carbocycles. The molecule has 15 nitrogen and oxygen atoms in total. The molecule has 5 rings (SSSR count). The molecule has 0 saturated carbocycles. The summed E-state index contributed by atoms with van der Waals surface area (Å²) in [5, 5.41) is 21.8. The summed E-state index contributed by atoms with van der Waals surface area (Å²) in [6.07, 6.45) is 0.933. The fraction of sp³-hybridized carbons (Fsp3) is 0.300. The van der Waals surface area contributed by atoms with Crippen molar-refractivity contribution < 1.29 is 38.4 Å². The van der Waals surface area contributed by atoms with Crippen LogP contribution in [-0.4, -0.2) is 71.5 Å². The molecular weight excluding hydrogens is 619 g/mol. The normalized spacial score (nSPS) is 20.0. The van der Waals surface area contributed by atoms with Gasteiger partial charge in [-0.1, -0.05) is 24.3 Å². The van der Waals surface area contributed by atoms with Gasteiger partial charge in [0.05, 0.1) is 16.9 Å². The first-order valence-corrected chi connectivity index (χ1v) is 15.9. The van der Waals surface area contributed by atoms with E-state index in [1.54, 1.807) is 18.2 Å². The lowest BCUT2D eigenvalue weighted by atomic mass is 10.0. The molecule has 16 heteroatoms. The molecule has 1 aliphatic heterocycles. The van der Waals surface area contributed by atoms with Gasteiger partial charge in [-0.05, 0) is 54.8 Å². The van der Waals surface area contributed by atoms with E-state index in [1.165, 1.54) is 29.2 Å². The van der Waals surface area contributed by atoms with Crippen molar-refractivity contribution in [1.29, 1.82) is 0 Å². The molecule has 0 amide bonds. The Labute approximate surface area is 263 Å². The SMILES string of the molecule is CCN(CCCC(=O)[C@H]1O[C@@H](n2cnc3c(N)ccnc32)[C@H](O)[C@@H]1OP(=O)(O)O)c1ccc(/C=C/c2ccc([N+](=O)[O-])cc2)cc1. The zero-order valence-electron chi connectivity index (χ0n) is 24.7. The molecule has 2 aromatic carbocycles. The van der Waals surface area contributed by atoms with E-state index in [1.807, 2.05) is 43.3 Å². The summed E-state index contributed by atoms with van der Waals surface area (Å²) in [7, 11) is -5.10. The molecule has 4 aromatic rings. The average molecular weight is 653 g/mol. The monoisotopic (exact) mass is 652 g/mol. The highest BCUT2D eigenvalue weighted by Gasteiger charge is 2.51. The highest BCUT2D eigenvalue weighted by atomic mass is 31.2. The summed E-state index contributed by atoms with van der Waals surface area (Å²) < 4.78 is 23.8. The fourth-order valence-electron chi connectivity index (χ4n) is 5.31. The van der Waals surface area contributed by atoms with E-state index in [2.05, 4.69) is 14.9 Å². The van der Waals surface area contributed by atoms with E-state index in [9.17, 15) is 34.4 Å². The van der Waals surface area contributed by atoms with E-state index in [0.717, 1.165) is 16.8 Å². The zero-order chi connectivity index (χ0) is 33.0. The number of ketones is 1. The van der Waals surface area contributed by atoms with E-state index >= 15 is 0 Å². The number of aromatic nitrogens is 3. The number of carbonyl (C=O) groups is 1. The number of aliphatic hydroxyl groups excluding tert-OH is 1. The highest BCUT2D eigenvalue weighted by molar-refractivity contribution is 7.46. The summed E-state index contributed by atoms with van der Waals surface area (Å²) in [6.45, 7) is 3.13. The minimum absolute atomic E-state index is 0.00639. The van der Waals surface area contributed by atoms with Crippen LogP contribution in [-0.2, 0) is 18.6 Å². The predicted molar refractivity (Wildman–Crippen MR) is 169 cm³/mol. The molecule has 0 bridgehead atoms. The van der Waals surface area contributed by atoms with Crippen LogP contribution >= 0.6 is 7.82 Å². The maximum atomic E-state index is 13.3. The number of imidazole rings is 1. The number of aliphatic hydroxyl groups is 1. The Morgan fingerprint density at radius 1 is 1.13 bits per heavy atom. The summed E-state index contributed by atoms with van der Waals surface area (Å²) in [5.41, 5.74) is 9.60. The second kappa shape index (κ2) is 13.9. The van der Waals surface area contributed by atoms with Crippen LogP contribution in [0.4, 0.5) is 17.1 Å². The van der Waals surface area contributed by atoms with Gasteiger partial charge in [-0.15, -0.1) is 0 Å². The molecule has 1 saturated heterocycles. The van der Waals surface area contributed by atoms with Gasteiger partial charge in [0, 0.05) is 43.5 Å². The molecule has 3 heterocycles. The Morgan fingerprint density at radius 3 is 2.39 bits per heavy atom. The summed E-state index contributed by atoms with van der Waals surface area (Å²) in [5.74, 6) is -0.486. The van der Waals surface area contributed by atoms with Gasteiger partial charge in [0.25, 0.3) is 5.69 Å². The first kappa shape index (κ1) is 32.9. The van der Waals surface area contributed by atoms with Crippen LogP contribution in [0.25, 0.3) is 23.3 Å². The van der Waals surface area contributed by atoms with Crippen molar-refractivity contribution >= 4 is 54.0 Å². The number of Topliss-reactive ketones (excluding diaryl/α,β-unsaturated/α-hetero) is 1. The Hall–Kier alpha value is -4.50. The van der Waals surface area contributed by atoms with Gasteiger partial charge in [-0.3, -0.25) is 24.0 Å². The minimum Gasteiger partial charge on any atom is -0.397 e. The number of phosphoric ester groups is 1.